The highest BCUT2D eigenvalue weighted by atomic mass is 19.2. The lowest BCUT2D eigenvalue weighted by Crippen LogP contribution is -2.33. The first-order valence-electron chi connectivity index (χ1n) is 14.7. The number of alkyl halides is 4. The predicted octanol–water partition coefficient (Wildman–Crippen LogP) is 9.81. The second-order valence-electron chi connectivity index (χ2n) is 11.0. The number of unbranched alkanes of at least 4 members (excludes halogenated alkanes) is 5. The van der Waals surface area contributed by atoms with E-state index in [0.29, 0.717) is 35.3 Å². The molecule has 0 radical (unpaired) electrons. The van der Waals surface area contributed by atoms with Gasteiger partial charge in [0, 0.05) is 5.92 Å². The molecule has 5 heteroatoms. The van der Waals surface area contributed by atoms with Crippen LogP contribution in [-0.2, 0) is 4.74 Å². The Kier molecular flexibility index (Phi) is 10.8. The summed E-state index contributed by atoms with van der Waals surface area (Å²) in [6.45, 7) is 4.49. The normalized spacial score (nSPS) is 29.6. The summed E-state index contributed by atoms with van der Waals surface area (Å²) in [7, 11) is 0. The molecule has 6 unspecified atom stereocenters. The topological polar surface area (TPSA) is 9.23 Å². The number of benzene rings is 1. The molecule has 1 saturated heterocycles. The maximum absolute atomic E-state index is 15.3. The van der Waals surface area contributed by atoms with Gasteiger partial charge in [0.1, 0.15) is 0 Å². The monoisotopic (exact) mass is 542 g/mol. The molecule has 2 aliphatic carbocycles. The molecule has 0 spiro atoms. The molecule has 1 fully saturated rings. The molecule has 3 aliphatic rings. The van der Waals surface area contributed by atoms with Gasteiger partial charge in [-0.2, -0.15) is 0 Å². The van der Waals surface area contributed by atoms with Crippen LogP contribution < -0.4 is 0 Å². The molecule has 1 aromatic rings. The molecule has 0 amide bonds. The number of hydrogen-bond acceptors (Lipinski definition) is 1. The van der Waals surface area contributed by atoms with Gasteiger partial charge in [0.05, 0.1) is 12.7 Å². The summed E-state index contributed by atoms with van der Waals surface area (Å²) >= 11 is 0. The molecule has 4 rings (SSSR count). The molecule has 0 bridgehead atoms. The van der Waals surface area contributed by atoms with Crippen LogP contribution in [0.25, 0.3) is 11.1 Å². The van der Waals surface area contributed by atoms with Crippen LogP contribution in [0.1, 0.15) is 82.8 Å². The van der Waals surface area contributed by atoms with E-state index >= 15 is 13.2 Å². The van der Waals surface area contributed by atoms with Crippen molar-refractivity contribution in [2.75, 3.05) is 6.61 Å². The van der Waals surface area contributed by atoms with E-state index in [4.69, 9.17) is 4.74 Å². The summed E-state index contributed by atoms with van der Waals surface area (Å²) < 4.78 is 66.3. The Morgan fingerprint density at radius 1 is 0.744 bits per heavy atom. The standard InChI is InChI=1S/C34H42F4O/c1-3-5-6-7-8-9-11-25-17-19-28(32(36)31(25)35)23-12-14-24(15-13-23)29-20-21-30(34(38)33(29)37)26-16-18-27(10-4-2)39-22-26/h4,10,12-15,17,19-21,26-27,31-34H,3,5-9,11,16,18,22H2,1-2H3/b10-4+. The summed E-state index contributed by atoms with van der Waals surface area (Å²) in [6, 6.07) is 6.68. The van der Waals surface area contributed by atoms with Crippen LogP contribution in [-0.4, -0.2) is 37.4 Å². The van der Waals surface area contributed by atoms with Crippen LogP contribution in [0.3, 0.4) is 0 Å². The molecule has 1 heterocycles. The number of allylic oxidation sites excluding steroid dienone is 8. The van der Waals surface area contributed by atoms with Gasteiger partial charge >= 0.3 is 0 Å². The van der Waals surface area contributed by atoms with Gasteiger partial charge in [0.15, 0.2) is 24.7 Å². The van der Waals surface area contributed by atoms with Gasteiger partial charge in [0.25, 0.3) is 0 Å². The molecule has 0 saturated carbocycles. The largest absolute Gasteiger partial charge is 0.374 e. The Morgan fingerprint density at radius 3 is 1.97 bits per heavy atom. The molecule has 212 valence electrons. The van der Waals surface area contributed by atoms with Crippen molar-refractivity contribution in [3.8, 4) is 0 Å². The van der Waals surface area contributed by atoms with E-state index < -0.39 is 24.7 Å². The van der Waals surface area contributed by atoms with E-state index in [1.807, 2.05) is 19.1 Å². The number of rotatable bonds is 11. The van der Waals surface area contributed by atoms with Gasteiger partial charge in [-0.1, -0.05) is 99.7 Å². The van der Waals surface area contributed by atoms with Crippen molar-refractivity contribution >= 4 is 11.1 Å². The van der Waals surface area contributed by atoms with Gasteiger partial charge in [-0.15, -0.1) is 0 Å². The van der Waals surface area contributed by atoms with E-state index in [9.17, 15) is 4.39 Å². The van der Waals surface area contributed by atoms with Crippen molar-refractivity contribution in [2.45, 2.75) is 102 Å². The first-order valence-corrected chi connectivity index (χ1v) is 14.7. The zero-order valence-corrected chi connectivity index (χ0v) is 23.2. The minimum absolute atomic E-state index is 0.0394. The summed E-state index contributed by atoms with van der Waals surface area (Å²) in [5.74, 6) is -0.132. The Hall–Kier alpha value is -2.40. The molecule has 1 nitrogen and oxygen atoms in total. The van der Waals surface area contributed by atoms with E-state index in [1.54, 1.807) is 48.6 Å². The fourth-order valence-corrected chi connectivity index (χ4v) is 5.88. The lowest BCUT2D eigenvalue weighted by atomic mass is 9.81. The zero-order chi connectivity index (χ0) is 27.8. The van der Waals surface area contributed by atoms with Gasteiger partial charge in [-0.3, -0.25) is 0 Å². The van der Waals surface area contributed by atoms with Gasteiger partial charge < -0.3 is 4.74 Å². The Balaban J connectivity index is 1.41. The SMILES string of the molecule is C/C=C/C1CCC(C2=CC=C(c3ccc(C4=CC=C(CCCCCCCC)C(F)C4F)cc3)C(F)C2F)CO1. The second kappa shape index (κ2) is 14.3. The molecule has 39 heavy (non-hydrogen) atoms. The maximum Gasteiger partial charge on any atom is 0.161 e. The first-order chi connectivity index (χ1) is 18.9. The minimum atomic E-state index is -1.78. The number of hydrogen-bond donors (Lipinski definition) is 0. The number of halogens is 4. The third kappa shape index (κ3) is 7.22. The van der Waals surface area contributed by atoms with Crippen LogP contribution in [0.15, 0.2) is 71.9 Å². The van der Waals surface area contributed by atoms with Crippen molar-refractivity contribution in [2.24, 2.45) is 5.92 Å². The van der Waals surface area contributed by atoms with Crippen LogP contribution in [0, 0.1) is 5.92 Å². The third-order valence-corrected chi connectivity index (χ3v) is 8.27. The van der Waals surface area contributed by atoms with Gasteiger partial charge in [-0.05, 0) is 66.0 Å². The lowest BCUT2D eigenvalue weighted by molar-refractivity contribution is 0.0161. The van der Waals surface area contributed by atoms with Crippen LogP contribution >= 0.6 is 0 Å². The number of ether oxygens (including phenoxy) is 1. The smallest absolute Gasteiger partial charge is 0.161 e. The van der Waals surface area contributed by atoms with Crippen LogP contribution in [0.5, 0.6) is 0 Å². The molecule has 6 atom stereocenters. The fourth-order valence-electron chi connectivity index (χ4n) is 5.88. The Morgan fingerprint density at radius 2 is 1.36 bits per heavy atom. The molecule has 0 aromatic heterocycles. The van der Waals surface area contributed by atoms with E-state index in [-0.39, 0.29) is 23.2 Å². The molecule has 1 aromatic carbocycles. The van der Waals surface area contributed by atoms with E-state index in [0.717, 1.165) is 32.1 Å². The second-order valence-corrected chi connectivity index (χ2v) is 11.0. The molecule has 0 N–H and O–H groups in total. The highest BCUT2D eigenvalue weighted by Gasteiger charge is 2.37. The summed E-state index contributed by atoms with van der Waals surface area (Å²) in [5, 5.41) is 0. The van der Waals surface area contributed by atoms with Crippen LogP contribution in [0.4, 0.5) is 17.6 Å². The summed E-state index contributed by atoms with van der Waals surface area (Å²) in [5.41, 5.74) is 2.61. The van der Waals surface area contributed by atoms with Crippen molar-refractivity contribution in [1.29, 1.82) is 0 Å². The van der Waals surface area contributed by atoms with Crippen LogP contribution in [0.2, 0.25) is 0 Å². The summed E-state index contributed by atoms with van der Waals surface area (Å²) in [4.78, 5) is 0. The molecular weight excluding hydrogens is 500 g/mol. The maximum atomic E-state index is 15.3. The lowest BCUT2D eigenvalue weighted by Gasteiger charge is -2.33. The van der Waals surface area contributed by atoms with Crippen molar-refractivity contribution in [1.82, 2.24) is 0 Å². The molecule has 1 aliphatic heterocycles. The highest BCUT2D eigenvalue weighted by molar-refractivity contribution is 5.77. The van der Waals surface area contributed by atoms with E-state index in [1.165, 1.54) is 19.3 Å². The Bertz CT molecular complexity index is 1090. The fraction of sp³-hybridized carbons (Fsp3) is 0.529. The van der Waals surface area contributed by atoms with E-state index in [2.05, 4.69) is 6.92 Å². The zero-order valence-electron chi connectivity index (χ0n) is 23.2. The van der Waals surface area contributed by atoms with Crippen molar-refractivity contribution in [3.05, 3.63) is 83.0 Å². The quantitative estimate of drug-likeness (QED) is 0.154. The predicted molar refractivity (Wildman–Crippen MR) is 153 cm³/mol. The van der Waals surface area contributed by atoms with Gasteiger partial charge in [0.2, 0.25) is 0 Å². The van der Waals surface area contributed by atoms with Crippen molar-refractivity contribution in [3.63, 3.8) is 0 Å². The highest BCUT2D eigenvalue weighted by Crippen LogP contribution is 2.39. The van der Waals surface area contributed by atoms with Crippen molar-refractivity contribution < 1.29 is 22.3 Å². The van der Waals surface area contributed by atoms with Gasteiger partial charge in [-0.25, -0.2) is 17.6 Å². The average molecular weight is 543 g/mol. The summed E-state index contributed by atoms with van der Waals surface area (Å²) in [6.07, 6.45) is 12.6. The Labute approximate surface area is 231 Å². The first kappa shape index (κ1) is 29.6. The molecular formula is C34H42F4O. The minimum Gasteiger partial charge on any atom is -0.374 e. The average Bonchev–Trinajstić information content (AvgIpc) is 2.95. The third-order valence-electron chi connectivity index (χ3n) is 8.27.